The van der Waals surface area contributed by atoms with E-state index in [4.69, 9.17) is 16.7 Å². The summed E-state index contributed by atoms with van der Waals surface area (Å²) in [6.07, 6.45) is -0.277. The number of carboxylic acids is 1. The number of nitrogens with one attached hydrogen (secondary N) is 1. The quantitative estimate of drug-likeness (QED) is 0.844. The molecule has 0 saturated carbocycles. The van der Waals surface area contributed by atoms with Crippen molar-refractivity contribution in [2.24, 2.45) is 0 Å². The van der Waals surface area contributed by atoms with E-state index in [9.17, 15) is 13.2 Å². The average molecular weight is 306 g/mol. The van der Waals surface area contributed by atoms with E-state index in [0.717, 1.165) is 5.56 Å². The molecule has 0 aliphatic heterocycles. The normalized spacial score (nSPS) is 11.8. The maximum atomic E-state index is 12.0. The van der Waals surface area contributed by atoms with Crippen LogP contribution in [0, 0.1) is 0 Å². The van der Waals surface area contributed by atoms with Crippen molar-refractivity contribution >= 4 is 27.6 Å². The number of benzene rings is 1. The van der Waals surface area contributed by atoms with Crippen LogP contribution in [0.5, 0.6) is 0 Å². The van der Waals surface area contributed by atoms with Gasteiger partial charge in [-0.25, -0.2) is 13.1 Å². The highest BCUT2D eigenvalue weighted by Crippen LogP contribution is 2.25. The molecule has 5 nitrogen and oxygen atoms in total. The Labute approximate surface area is 117 Å². The lowest BCUT2D eigenvalue weighted by Gasteiger charge is -2.11. The summed E-state index contributed by atoms with van der Waals surface area (Å²) in [7, 11) is -3.79. The van der Waals surface area contributed by atoms with Gasteiger partial charge in [0.1, 0.15) is 4.90 Å². The van der Waals surface area contributed by atoms with Crippen LogP contribution in [0.2, 0.25) is 5.02 Å². The standard InChI is InChI=1S/C12H16ClNO4S/c1-8(2)9-3-4-10(13)11(7-9)19(17,18)14-6-5-12(15)16/h3-4,7-8,14H,5-6H2,1-2H3,(H,15,16). The third-order valence-corrected chi connectivity index (χ3v) is 4.48. The number of aliphatic carboxylic acids is 1. The Hall–Kier alpha value is -1.11. The SMILES string of the molecule is CC(C)c1ccc(Cl)c(S(=O)(=O)NCCC(=O)O)c1. The van der Waals surface area contributed by atoms with Gasteiger partial charge >= 0.3 is 5.97 Å². The Bertz CT molecular complexity index is 569. The lowest BCUT2D eigenvalue weighted by molar-refractivity contribution is -0.136. The topological polar surface area (TPSA) is 83.5 Å². The molecule has 0 aromatic heterocycles. The smallest absolute Gasteiger partial charge is 0.304 e. The van der Waals surface area contributed by atoms with Gasteiger partial charge in [-0.1, -0.05) is 31.5 Å². The number of sulfonamides is 1. The molecule has 7 heteroatoms. The van der Waals surface area contributed by atoms with E-state index >= 15 is 0 Å². The molecular weight excluding hydrogens is 290 g/mol. The van der Waals surface area contributed by atoms with Crippen molar-refractivity contribution < 1.29 is 18.3 Å². The second-order valence-electron chi connectivity index (χ2n) is 4.39. The summed E-state index contributed by atoms with van der Waals surface area (Å²) in [5.41, 5.74) is 0.850. The van der Waals surface area contributed by atoms with Crippen molar-refractivity contribution in [1.29, 1.82) is 0 Å². The second-order valence-corrected chi connectivity index (χ2v) is 6.53. The first-order chi connectivity index (χ1) is 8.74. The zero-order valence-corrected chi connectivity index (χ0v) is 12.3. The van der Waals surface area contributed by atoms with Gasteiger partial charge in [0.15, 0.2) is 0 Å². The van der Waals surface area contributed by atoms with E-state index in [-0.39, 0.29) is 28.8 Å². The van der Waals surface area contributed by atoms with Gasteiger partial charge in [0.25, 0.3) is 0 Å². The lowest BCUT2D eigenvalue weighted by Crippen LogP contribution is -2.26. The number of hydrogen-bond acceptors (Lipinski definition) is 3. The fourth-order valence-electron chi connectivity index (χ4n) is 1.46. The van der Waals surface area contributed by atoms with Crippen LogP contribution in [-0.4, -0.2) is 26.0 Å². The fourth-order valence-corrected chi connectivity index (χ4v) is 3.02. The van der Waals surface area contributed by atoms with Crippen molar-refractivity contribution in [3.05, 3.63) is 28.8 Å². The van der Waals surface area contributed by atoms with Gasteiger partial charge in [0.05, 0.1) is 11.4 Å². The highest BCUT2D eigenvalue weighted by atomic mass is 35.5. The van der Waals surface area contributed by atoms with E-state index in [0.29, 0.717) is 0 Å². The first kappa shape index (κ1) is 15.9. The molecule has 2 N–H and O–H groups in total. The van der Waals surface area contributed by atoms with E-state index in [1.807, 2.05) is 13.8 Å². The van der Waals surface area contributed by atoms with Crippen LogP contribution in [-0.2, 0) is 14.8 Å². The van der Waals surface area contributed by atoms with E-state index in [2.05, 4.69) is 4.72 Å². The molecule has 0 aliphatic carbocycles. The lowest BCUT2D eigenvalue weighted by atomic mass is 10.0. The minimum Gasteiger partial charge on any atom is -0.481 e. The first-order valence-corrected chi connectivity index (χ1v) is 7.61. The summed E-state index contributed by atoms with van der Waals surface area (Å²) in [6, 6.07) is 4.81. The van der Waals surface area contributed by atoms with Crippen LogP contribution in [0.15, 0.2) is 23.1 Å². The monoisotopic (exact) mass is 305 g/mol. The van der Waals surface area contributed by atoms with Crippen molar-refractivity contribution in [2.75, 3.05) is 6.54 Å². The average Bonchev–Trinajstić information content (AvgIpc) is 2.28. The van der Waals surface area contributed by atoms with Gasteiger partial charge in [0.2, 0.25) is 10.0 Å². The van der Waals surface area contributed by atoms with Crippen molar-refractivity contribution in [3.63, 3.8) is 0 Å². The molecule has 1 aromatic carbocycles. The van der Waals surface area contributed by atoms with E-state index in [1.165, 1.54) is 12.1 Å². The van der Waals surface area contributed by atoms with Crippen LogP contribution < -0.4 is 4.72 Å². The summed E-state index contributed by atoms with van der Waals surface area (Å²) in [4.78, 5) is 10.3. The number of carboxylic acid groups (broad SMARTS) is 1. The maximum absolute atomic E-state index is 12.0. The van der Waals surface area contributed by atoms with Gasteiger partial charge in [-0.05, 0) is 23.6 Å². The summed E-state index contributed by atoms with van der Waals surface area (Å²) in [6.45, 7) is 3.72. The fraction of sp³-hybridized carbons (Fsp3) is 0.417. The summed E-state index contributed by atoms with van der Waals surface area (Å²) in [5.74, 6) is -0.894. The van der Waals surface area contributed by atoms with Gasteiger partial charge in [0, 0.05) is 6.54 Å². The number of rotatable bonds is 6. The molecule has 0 atom stereocenters. The molecule has 19 heavy (non-hydrogen) atoms. The van der Waals surface area contributed by atoms with Crippen LogP contribution in [0.1, 0.15) is 31.7 Å². The molecule has 0 aliphatic rings. The third-order valence-electron chi connectivity index (χ3n) is 2.54. The van der Waals surface area contributed by atoms with Gasteiger partial charge in [-0.3, -0.25) is 4.79 Å². The van der Waals surface area contributed by atoms with Gasteiger partial charge in [-0.15, -0.1) is 0 Å². The summed E-state index contributed by atoms with van der Waals surface area (Å²) >= 11 is 5.89. The molecule has 0 spiro atoms. The minimum absolute atomic E-state index is 0.0224. The molecule has 106 valence electrons. The van der Waals surface area contributed by atoms with Crippen LogP contribution >= 0.6 is 11.6 Å². The second kappa shape index (κ2) is 6.36. The predicted molar refractivity (Wildman–Crippen MR) is 73.0 cm³/mol. The van der Waals surface area contributed by atoms with Crippen molar-refractivity contribution in [2.45, 2.75) is 31.1 Å². The molecule has 1 aromatic rings. The maximum Gasteiger partial charge on any atom is 0.304 e. The minimum atomic E-state index is -3.79. The molecule has 0 saturated heterocycles. The predicted octanol–water partition coefficient (Wildman–Crippen LogP) is 2.22. The van der Waals surface area contributed by atoms with E-state index in [1.54, 1.807) is 6.07 Å². The molecule has 0 amide bonds. The molecular formula is C12H16ClNO4S. The Morgan fingerprint density at radius 1 is 1.42 bits per heavy atom. The van der Waals surface area contributed by atoms with Crippen molar-refractivity contribution in [3.8, 4) is 0 Å². The Kier molecular flexibility index (Phi) is 5.34. The van der Waals surface area contributed by atoms with Gasteiger partial charge < -0.3 is 5.11 Å². The Morgan fingerprint density at radius 2 is 2.05 bits per heavy atom. The number of halogens is 1. The Morgan fingerprint density at radius 3 is 2.58 bits per heavy atom. The van der Waals surface area contributed by atoms with Crippen LogP contribution in [0.4, 0.5) is 0 Å². The number of hydrogen-bond donors (Lipinski definition) is 2. The van der Waals surface area contributed by atoms with Gasteiger partial charge in [-0.2, -0.15) is 0 Å². The molecule has 0 fully saturated rings. The first-order valence-electron chi connectivity index (χ1n) is 5.75. The molecule has 0 unspecified atom stereocenters. The van der Waals surface area contributed by atoms with E-state index < -0.39 is 16.0 Å². The van der Waals surface area contributed by atoms with Crippen LogP contribution in [0.25, 0.3) is 0 Å². The molecule has 1 rings (SSSR count). The Balaban J connectivity index is 3.00. The summed E-state index contributed by atoms with van der Waals surface area (Å²) in [5, 5.41) is 8.61. The van der Waals surface area contributed by atoms with Crippen molar-refractivity contribution in [1.82, 2.24) is 4.72 Å². The largest absolute Gasteiger partial charge is 0.481 e. The highest BCUT2D eigenvalue weighted by molar-refractivity contribution is 7.89. The molecule has 0 bridgehead atoms. The highest BCUT2D eigenvalue weighted by Gasteiger charge is 2.19. The zero-order valence-electron chi connectivity index (χ0n) is 10.7. The zero-order chi connectivity index (χ0) is 14.6. The molecule has 0 heterocycles. The van der Waals surface area contributed by atoms with Crippen LogP contribution in [0.3, 0.4) is 0 Å². The third kappa shape index (κ3) is 4.49. The number of carbonyl (C=O) groups is 1. The summed E-state index contributed by atoms with van der Waals surface area (Å²) < 4.78 is 26.3. The molecule has 0 radical (unpaired) electrons.